The van der Waals surface area contributed by atoms with E-state index in [0.717, 1.165) is 36.7 Å². The van der Waals surface area contributed by atoms with E-state index < -0.39 is 11.8 Å². The number of hydrogen-bond donors (Lipinski definition) is 3. The van der Waals surface area contributed by atoms with Crippen molar-refractivity contribution in [2.75, 3.05) is 0 Å². The van der Waals surface area contributed by atoms with Gasteiger partial charge in [-0.15, -0.1) is 0 Å². The van der Waals surface area contributed by atoms with E-state index in [2.05, 4.69) is 20.8 Å². The molecule has 26 heavy (non-hydrogen) atoms. The molecule has 3 fully saturated rings. The normalized spacial score (nSPS) is 45.7. The molecule has 3 nitrogen and oxygen atoms in total. The number of rotatable bonds is 2. The first-order valence-electron chi connectivity index (χ1n) is 10.4. The molecule has 0 bridgehead atoms. The van der Waals surface area contributed by atoms with Gasteiger partial charge in [-0.2, -0.15) is 0 Å². The van der Waals surface area contributed by atoms with Crippen molar-refractivity contribution in [3.63, 3.8) is 0 Å². The molecule has 3 saturated carbocycles. The lowest BCUT2D eigenvalue weighted by Gasteiger charge is -2.58. The Bertz CT molecular complexity index is 661. The molecule has 0 aromatic rings. The Kier molecular flexibility index (Phi) is 4.22. The topological polar surface area (TPSA) is 60.7 Å². The lowest BCUT2D eigenvalue weighted by Crippen LogP contribution is -2.50. The van der Waals surface area contributed by atoms with E-state index in [4.69, 9.17) is 0 Å². The molecule has 3 N–H and O–H groups in total. The van der Waals surface area contributed by atoms with Gasteiger partial charge in [0.2, 0.25) is 0 Å². The number of allylic oxidation sites excluding steroid dienone is 2. The fourth-order valence-electron chi connectivity index (χ4n) is 7.54. The summed E-state index contributed by atoms with van der Waals surface area (Å²) in [5, 5.41) is 28.5. The van der Waals surface area contributed by atoms with Crippen LogP contribution in [0.15, 0.2) is 23.0 Å². The van der Waals surface area contributed by atoms with E-state index in [1.165, 1.54) is 31.8 Å². The van der Waals surface area contributed by atoms with E-state index in [1.807, 2.05) is 0 Å². The van der Waals surface area contributed by atoms with Crippen molar-refractivity contribution >= 4 is 0 Å². The lowest BCUT2D eigenvalue weighted by molar-refractivity contribution is -0.281. The molecule has 0 aliphatic heterocycles. The lowest BCUT2D eigenvalue weighted by atomic mass is 9.47. The average molecular weight is 365 g/mol. The van der Waals surface area contributed by atoms with Gasteiger partial charge in [-0.1, -0.05) is 32.8 Å². The highest BCUT2D eigenvalue weighted by Gasteiger charge is 2.59. The molecular formula is C22H33FO3. The van der Waals surface area contributed by atoms with E-state index in [-0.39, 0.29) is 17.4 Å². The van der Waals surface area contributed by atoms with Gasteiger partial charge < -0.3 is 15.3 Å². The average Bonchev–Trinajstić information content (AvgIpc) is 2.89. The summed E-state index contributed by atoms with van der Waals surface area (Å²) in [6.07, 6.45) is 9.95. The molecule has 0 unspecified atom stereocenters. The Balaban J connectivity index is 1.66. The molecule has 0 saturated heterocycles. The molecule has 0 radical (unpaired) electrons. The zero-order chi connectivity index (χ0) is 18.9. The smallest absolute Gasteiger partial charge is 0.306 e. The van der Waals surface area contributed by atoms with E-state index in [9.17, 15) is 19.7 Å². The summed E-state index contributed by atoms with van der Waals surface area (Å²) >= 11 is 0. The van der Waals surface area contributed by atoms with Gasteiger partial charge >= 0.3 is 5.97 Å². The standard InChI is InChI=1S/C22H33FO3/c1-4-13-6-8-16-15-7-5-14-11-18(22(24,25)26)19(23)12-21(14,3)17(15)9-10-20(13,16)2/h11,13,15-17,24-26H,4-10,12H2,1-3H3/t13-,15-,16-,17-,20+,21-/m0/s1. The highest BCUT2D eigenvalue weighted by molar-refractivity contribution is 5.40. The third-order valence-electron chi connectivity index (χ3n) is 8.92. The van der Waals surface area contributed by atoms with Crippen molar-refractivity contribution in [3.05, 3.63) is 23.0 Å². The molecule has 6 atom stereocenters. The first-order chi connectivity index (χ1) is 12.1. The zero-order valence-electron chi connectivity index (χ0n) is 16.3. The fourth-order valence-corrected chi connectivity index (χ4v) is 7.54. The molecule has 0 aromatic heterocycles. The van der Waals surface area contributed by atoms with Crippen LogP contribution in [0, 0.1) is 34.5 Å². The van der Waals surface area contributed by atoms with Crippen molar-refractivity contribution in [1.29, 1.82) is 0 Å². The molecule has 0 heterocycles. The van der Waals surface area contributed by atoms with Crippen molar-refractivity contribution in [3.8, 4) is 0 Å². The summed E-state index contributed by atoms with van der Waals surface area (Å²) in [4.78, 5) is 0. The highest BCUT2D eigenvalue weighted by Crippen LogP contribution is 2.67. The van der Waals surface area contributed by atoms with E-state index in [0.29, 0.717) is 17.3 Å². The second-order valence-corrected chi connectivity index (χ2v) is 9.86. The van der Waals surface area contributed by atoms with E-state index >= 15 is 0 Å². The number of hydrogen-bond acceptors (Lipinski definition) is 3. The van der Waals surface area contributed by atoms with Crippen LogP contribution in [0.3, 0.4) is 0 Å². The van der Waals surface area contributed by atoms with Crippen molar-refractivity contribution < 1.29 is 19.7 Å². The van der Waals surface area contributed by atoms with Crippen LogP contribution in [0.5, 0.6) is 0 Å². The van der Waals surface area contributed by atoms with Crippen LogP contribution in [0.4, 0.5) is 4.39 Å². The predicted octanol–water partition coefficient (Wildman–Crippen LogP) is 4.44. The third-order valence-corrected chi connectivity index (χ3v) is 8.92. The Morgan fingerprint density at radius 3 is 2.50 bits per heavy atom. The third kappa shape index (κ3) is 2.48. The Morgan fingerprint density at radius 2 is 1.85 bits per heavy atom. The van der Waals surface area contributed by atoms with Crippen LogP contribution < -0.4 is 0 Å². The highest BCUT2D eigenvalue weighted by atomic mass is 19.1. The van der Waals surface area contributed by atoms with Crippen molar-refractivity contribution in [2.24, 2.45) is 34.5 Å². The molecule has 4 aliphatic rings. The molecule has 4 heteroatoms. The quantitative estimate of drug-likeness (QED) is 0.635. The Hall–Kier alpha value is -0.710. The molecule has 0 aromatic carbocycles. The van der Waals surface area contributed by atoms with Gasteiger partial charge in [0.1, 0.15) is 5.83 Å². The molecule has 0 amide bonds. The first-order valence-corrected chi connectivity index (χ1v) is 10.4. The van der Waals surface area contributed by atoms with Crippen molar-refractivity contribution in [1.82, 2.24) is 0 Å². The zero-order valence-corrected chi connectivity index (χ0v) is 16.3. The Labute approximate surface area is 156 Å². The Morgan fingerprint density at radius 1 is 1.12 bits per heavy atom. The maximum absolute atomic E-state index is 14.7. The second kappa shape index (κ2) is 5.89. The van der Waals surface area contributed by atoms with Gasteiger partial charge in [0.15, 0.2) is 0 Å². The summed E-state index contributed by atoms with van der Waals surface area (Å²) in [5.41, 5.74) is 0.909. The number of aliphatic hydroxyl groups is 3. The summed E-state index contributed by atoms with van der Waals surface area (Å²) in [5.74, 6) is -0.995. The summed E-state index contributed by atoms with van der Waals surface area (Å²) in [7, 11) is 0. The molecular weight excluding hydrogens is 331 g/mol. The van der Waals surface area contributed by atoms with Crippen LogP contribution in [-0.4, -0.2) is 21.3 Å². The minimum Gasteiger partial charge on any atom is -0.340 e. The maximum atomic E-state index is 14.7. The summed E-state index contributed by atoms with van der Waals surface area (Å²) in [6.45, 7) is 6.98. The van der Waals surface area contributed by atoms with Crippen LogP contribution in [0.25, 0.3) is 0 Å². The van der Waals surface area contributed by atoms with Gasteiger partial charge in [0, 0.05) is 6.42 Å². The van der Waals surface area contributed by atoms with Crippen LogP contribution in [0.2, 0.25) is 0 Å². The van der Waals surface area contributed by atoms with E-state index in [1.54, 1.807) is 0 Å². The van der Waals surface area contributed by atoms with Crippen LogP contribution in [0.1, 0.15) is 72.1 Å². The summed E-state index contributed by atoms with van der Waals surface area (Å²) in [6, 6.07) is 0. The maximum Gasteiger partial charge on any atom is 0.306 e. The number of halogens is 1. The van der Waals surface area contributed by atoms with Gasteiger partial charge in [-0.05, 0) is 79.1 Å². The monoisotopic (exact) mass is 364 g/mol. The van der Waals surface area contributed by atoms with Gasteiger partial charge in [0.05, 0.1) is 5.57 Å². The van der Waals surface area contributed by atoms with Crippen LogP contribution >= 0.6 is 0 Å². The van der Waals surface area contributed by atoms with Gasteiger partial charge in [-0.25, -0.2) is 4.39 Å². The van der Waals surface area contributed by atoms with Gasteiger partial charge in [0.25, 0.3) is 0 Å². The van der Waals surface area contributed by atoms with Crippen LogP contribution in [-0.2, 0) is 0 Å². The largest absolute Gasteiger partial charge is 0.340 e. The minimum atomic E-state index is -3.08. The minimum absolute atomic E-state index is 0.180. The summed E-state index contributed by atoms with van der Waals surface area (Å²) < 4.78 is 14.7. The fraction of sp³-hybridized carbons (Fsp3) is 0.818. The molecule has 4 rings (SSSR count). The molecule has 146 valence electrons. The molecule has 0 spiro atoms. The molecule has 4 aliphatic carbocycles. The van der Waals surface area contributed by atoms with Gasteiger partial charge in [-0.3, -0.25) is 0 Å². The van der Waals surface area contributed by atoms with Crippen molar-refractivity contribution in [2.45, 2.75) is 78.1 Å². The SMILES string of the molecule is CC[C@H]1CC[C@H]2[C@@H]3CCC4=CC(C(O)(O)O)=C(F)C[C@]4(C)[C@H]3CC[C@]12C. The predicted molar refractivity (Wildman–Crippen MR) is 98.4 cm³/mol. The number of fused-ring (bicyclic) bond motifs is 5. The second-order valence-electron chi connectivity index (χ2n) is 9.86. The first kappa shape index (κ1) is 18.6.